The van der Waals surface area contributed by atoms with E-state index in [9.17, 15) is 5.11 Å². The lowest BCUT2D eigenvalue weighted by Crippen LogP contribution is -2.47. The maximum atomic E-state index is 10.1. The van der Waals surface area contributed by atoms with Crippen molar-refractivity contribution in [3.8, 4) is 0 Å². The first-order valence-corrected chi connectivity index (χ1v) is 4.68. The van der Waals surface area contributed by atoms with Crippen LogP contribution in [0.1, 0.15) is 25.5 Å². The van der Waals surface area contributed by atoms with Crippen LogP contribution < -0.4 is 0 Å². The molecule has 1 aromatic heterocycles. The van der Waals surface area contributed by atoms with Gasteiger partial charge in [-0.2, -0.15) is 15.0 Å². The average molecular weight is 181 g/mol. The lowest BCUT2D eigenvalue weighted by atomic mass is 9.68. The van der Waals surface area contributed by atoms with Crippen molar-refractivity contribution in [1.82, 2.24) is 15.0 Å². The Labute approximate surface area is 77.6 Å². The summed E-state index contributed by atoms with van der Waals surface area (Å²) >= 11 is 0. The molecule has 2 unspecified atom stereocenters. The highest BCUT2D eigenvalue weighted by Gasteiger charge is 2.42. The Balaban J connectivity index is 2.05. The standard InChI is InChI=1S/C9H15N3O/c1-7-3-4-9(7,13)5-8-6-10-12(2)11-8/h6-7,13H,3-5H2,1-2H3. The Morgan fingerprint density at radius 2 is 2.54 bits per heavy atom. The number of hydrogen-bond donors (Lipinski definition) is 1. The fourth-order valence-corrected chi connectivity index (χ4v) is 1.81. The van der Waals surface area contributed by atoms with Crippen LogP contribution in [0.4, 0.5) is 0 Å². The Hall–Kier alpha value is -0.900. The van der Waals surface area contributed by atoms with Gasteiger partial charge in [0.2, 0.25) is 0 Å². The van der Waals surface area contributed by atoms with Crippen LogP contribution in [0.25, 0.3) is 0 Å². The van der Waals surface area contributed by atoms with Gasteiger partial charge in [0, 0.05) is 13.5 Å². The summed E-state index contributed by atoms with van der Waals surface area (Å²) in [5, 5.41) is 18.2. The number of rotatable bonds is 2. The van der Waals surface area contributed by atoms with Crippen molar-refractivity contribution in [1.29, 1.82) is 0 Å². The molecule has 0 amide bonds. The molecule has 1 aliphatic rings. The molecule has 0 radical (unpaired) electrons. The molecule has 1 aromatic rings. The van der Waals surface area contributed by atoms with Crippen LogP contribution >= 0.6 is 0 Å². The fraction of sp³-hybridized carbons (Fsp3) is 0.778. The van der Waals surface area contributed by atoms with Crippen LogP contribution in [0.2, 0.25) is 0 Å². The fourth-order valence-electron chi connectivity index (χ4n) is 1.81. The van der Waals surface area contributed by atoms with E-state index in [4.69, 9.17) is 0 Å². The molecule has 72 valence electrons. The van der Waals surface area contributed by atoms with Crippen molar-refractivity contribution in [3.63, 3.8) is 0 Å². The van der Waals surface area contributed by atoms with E-state index in [0.717, 1.165) is 18.5 Å². The first kappa shape index (κ1) is 8.69. The minimum atomic E-state index is -0.518. The molecular formula is C9H15N3O. The van der Waals surface area contributed by atoms with E-state index >= 15 is 0 Å². The van der Waals surface area contributed by atoms with Crippen LogP contribution in [0.5, 0.6) is 0 Å². The Kier molecular flexibility index (Phi) is 1.87. The first-order valence-electron chi connectivity index (χ1n) is 4.68. The van der Waals surface area contributed by atoms with Gasteiger partial charge in [0.1, 0.15) is 0 Å². The number of aromatic nitrogens is 3. The van der Waals surface area contributed by atoms with E-state index in [1.54, 1.807) is 13.2 Å². The zero-order valence-corrected chi connectivity index (χ0v) is 8.06. The molecule has 2 rings (SSSR count). The molecule has 1 heterocycles. The number of nitrogens with zero attached hydrogens (tertiary/aromatic N) is 3. The molecule has 2 atom stereocenters. The van der Waals surface area contributed by atoms with E-state index in [1.807, 2.05) is 0 Å². The molecular weight excluding hydrogens is 166 g/mol. The summed E-state index contributed by atoms with van der Waals surface area (Å²) in [5.41, 5.74) is 0.368. The van der Waals surface area contributed by atoms with Gasteiger partial charge >= 0.3 is 0 Å². The molecule has 4 nitrogen and oxygen atoms in total. The third kappa shape index (κ3) is 1.46. The van der Waals surface area contributed by atoms with Crippen LogP contribution in [0.15, 0.2) is 6.20 Å². The highest BCUT2D eigenvalue weighted by molar-refractivity contribution is 5.05. The normalized spacial score (nSPS) is 33.0. The second-order valence-electron chi connectivity index (χ2n) is 4.05. The van der Waals surface area contributed by atoms with Crippen molar-refractivity contribution in [2.24, 2.45) is 13.0 Å². The summed E-state index contributed by atoms with van der Waals surface area (Å²) < 4.78 is 0. The molecule has 13 heavy (non-hydrogen) atoms. The summed E-state index contributed by atoms with van der Waals surface area (Å²) in [4.78, 5) is 1.53. The second kappa shape index (κ2) is 2.80. The average Bonchev–Trinajstić information content (AvgIpc) is 2.48. The van der Waals surface area contributed by atoms with Gasteiger partial charge in [0.05, 0.1) is 17.5 Å². The van der Waals surface area contributed by atoms with Crippen molar-refractivity contribution in [3.05, 3.63) is 11.9 Å². The predicted molar refractivity (Wildman–Crippen MR) is 48.1 cm³/mol. The first-order chi connectivity index (χ1) is 6.10. The smallest absolute Gasteiger partial charge is 0.0855 e. The maximum Gasteiger partial charge on any atom is 0.0855 e. The molecule has 1 aliphatic carbocycles. The van der Waals surface area contributed by atoms with E-state index in [2.05, 4.69) is 17.1 Å². The quantitative estimate of drug-likeness (QED) is 0.723. The monoisotopic (exact) mass is 181 g/mol. The summed E-state index contributed by atoms with van der Waals surface area (Å²) in [7, 11) is 1.79. The Bertz CT molecular complexity index is 310. The lowest BCUT2D eigenvalue weighted by molar-refractivity contribution is -0.0858. The zero-order valence-electron chi connectivity index (χ0n) is 8.06. The molecule has 0 spiro atoms. The van der Waals surface area contributed by atoms with E-state index < -0.39 is 5.60 Å². The molecule has 0 saturated heterocycles. The van der Waals surface area contributed by atoms with Gasteiger partial charge < -0.3 is 5.11 Å². The van der Waals surface area contributed by atoms with Crippen LogP contribution in [-0.4, -0.2) is 25.7 Å². The number of aliphatic hydroxyl groups is 1. The van der Waals surface area contributed by atoms with Crippen LogP contribution in [0, 0.1) is 5.92 Å². The van der Waals surface area contributed by atoms with Gasteiger partial charge in [-0.3, -0.25) is 0 Å². The Morgan fingerprint density at radius 1 is 1.77 bits per heavy atom. The molecule has 0 aromatic carbocycles. The van der Waals surface area contributed by atoms with E-state index in [1.165, 1.54) is 4.80 Å². The van der Waals surface area contributed by atoms with Crippen molar-refractivity contribution in [2.75, 3.05) is 0 Å². The van der Waals surface area contributed by atoms with E-state index in [0.29, 0.717) is 12.3 Å². The molecule has 1 fully saturated rings. The highest BCUT2D eigenvalue weighted by Crippen LogP contribution is 2.40. The lowest BCUT2D eigenvalue weighted by Gasteiger charge is -2.43. The predicted octanol–water partition coefficient (Wildman–Crippen LogP) is 0.519. The van der Waals surface area contributed by atoms with Gasteiger partial charge in [0.15, 0.2) is 0 Å². The maximum absolute atomic E-state index is 10.1. The highest BCUT2D eigenvalue weighted by atomic mass is 16.3. The SMILES string of the molecule is CC1CCC1(O)Cc1cnn(C)n1. The molecule has 1 saturated carbocycles. The molecule has 1 N–H and O–H groups in total. The molecule has 4 heteroatoms. The summed E-state index contributed by atoms with van der Waals surface area (Å²) in [5.74, 6) is 0.398. The van der Waals surface area contributed by atoms with Crippen molar-refractivity contribution in [2.45, 2.75) is 31.8 Å². The zero-order chi connectivity index (χ0) is 9.47. The third-order valence-electron chi connectivity index (χ3n) is 3.06. The van der Waals surface area contributed by atoms with Gasteiger partial charge in [-0.1, -0.05) is 6.92 Å². The minimum Gasteiger partial charge on any atom is -0.389 e. The van der Waals surface area contributed by atoms with Gasteiger partial charge in [-0.25, -0.2) is 0 Å². The second-order valence-corrected chi connectivity index (χ2v) is 4.05. The topological polar surface area (TPSA) is 50.9 Å². The minimum absolute atomic E-state index is 0.398. The number of hydrogen-bond acceptors (Lipinski definition) is 3. The van der Waals surface area contributed by atoms with Crippen molar-refractivity contribution >= 4 is 0 Å². The summed E-state index contributed by atoms with van der Waals surface area (Å²) in [6.45, 7) is 2.08. The van der Waals surface area contributed by atoms with Crippen LogP contribution in [0.3, 0.4) is 0 Å². The number of aryl methyl sites for hydroxylation is 1. The van der Waals surface area contributed by atoms with Gasteiger partial charge in [-0.15, -0.1) is 0 Å². The van der Waals surface area contributed by atoms with E-state index in [-0.39, 0.29) is 0 Å². The summed E-state index contributed by atoms with van der Waals surface area (Å²) in [6, 6.07) is 0. The van der Waals surface area contributed by atoms with Crippen molar-refractivity contribution < 1.29 is 5.11 Å². The van der Waals surface area contributed by atoms with Crippen LogP contribution in [-0.2, 0) is 13.5 Å². The Morgan fingerprint density at radius 3 is 2.92 bits per heavy atom. The molecule has 0 bridgehead atoms. The largest absolute Gasteiger partial charge is 0.389 e. The summed E-state index contributed by atoms with van der Waals surface area (Å²) in [6.07, 6.45) is 4.38. The third-order valence-corrected chi connectivity index (χ3v) is 3.06. The molecule has 0 aliphatic heterocycles. The van der Waals surface area contributed by atoms with Gasteiger partial charge in [-0.05, 0) is 18.8 Å². The van der Waals surface area contributed by atoms with Gasteiger partial charge in [0.25, 0.3) is 0 Å².